The summed E-state index contributed by atoms with van der Waals surface area (Å²) in [7, 11) is 3.75. The Morgan fingerprint density at radius 3 is 2.26 bits per heavy atom. The lowest BCUT2D eigenvalue weighted by molar-refractivity contribution is -0.140. The van der Waals surface area contributed by atoms with Crippen molar-refractivity contribution >= 4 is 17.4 Å². The average Bonchev–Trinajstić information content (AvgIpc) is 2.97. The van der Waals surface area contributed by atoms with E-state index in [0.717, 1.165) is 0 Å². The number of benzene rings is 2. The van der Waals surface area contributed by atoms with Crippen molar-refractivity contribution in [2.24, 2.45) is 0 Å². The quantitative estimate of drug-likeness (QED) is 0.416. The van der Waals surface area contributed by atoms with Gasteiger partial charge in [0.2, 0.25) is 0 Å². The van der Waals surface area contributed by atoms with Crippen LogP contribution in [0.3, 0.4) is 0 Å². The van der Waals surface area contributed by atoms with Crippen molar-refractivity contribution in [3.05, 3.63) is 71.0 Å². The van der Waals surface area contributed by atoms with Crippen LogP contribution in [0.4, 0.5) is 4.39 Å². The monoisotopic (exact) mass is 426 g/mol. The maximum absolute atomic E-state index is 13.3. The molecule has 0 aliphatic carbocycles. The van der Waals surface area contributed by atoms with Crippen LogP contribution in [-0.4, -0.2) is 59.9 Å². The molecule has 0 bridgehead atoms. The molecule has 1 heterocycles. The Balaban J connectivity index is 2.08. The highest BCUT2D eigenvalue weighted by atomic mass is 19.1. The third-order valence-corrected chi connectivity index (χ3v) is 5.01. The number of ether oxygens (including phenoxy) is 1. The Hall–Kier alpha value is -3.19. The molecular weight excluding hydrogens is 399 g/mol. The van der Waals surface area contributed by atoms with Crippen LogP contribution in [0.25, 0.3) is 5.76 Å². The van der Waals surface area contributed by atoms with Crippen LogP contribution < -0.4 is 4.74 Å². The maximum Gasteiger partial charge on any atom is 0.295 e. The Morgan fingerprint density at radius 1 is 1.10 bits per heavy atom. The molecule has 164 valence electrons. The molecule has 2 aromatic rings. The lowest BCUT2D eigenvalue weighted by Gasteiger charge is -2.26. The first-order valence-electron chi connectivity index (χ1n) is 10.1. The molecule has 1 atom stereocenters. The zero-order chi connectivity index (χ0) is 22.7. The normalized spacial score (nSPS) is 18.3. The van der Waals surface area contributed by atoms with Crippen LogP contribution in [0.2, 0.25) is 0 Å². The van der Waals surface area contributed by atoms with Gasteiger partial charge in [0.1, 0.15) is 17.3 Å². The Kier molecular flexibility index (Phi) is 6.75. The van der Waals surface area contributed by atoms with Crippen molar-refractivity contribution in [2.75, 3.05) is 27.2 Å². The van der Waals surface area contributed by atoms with E-state index in [1.165, 1.54) is 29.2 Å². The molecule has 1 aliphatic heterocycles. The molecule has 0 spiro atoms. The number of carbonyl (C=O) groups is 2. The van der Waals surface area contributed by atoms with E-state index in [-0.39, 0.29) is 23.0 Å². The summed E-state index contributed by atoms with van der Waals surface area (Å²) in [5.41, 5.74) is 0.947. The Bertz CT molecular complexity index is 982. The number of ketones is 1. The van der Waals surface area contributed by atoms with Gasteiger partial charge in [-0.05, 0) is 69.9 Å². The second-order valence-corrected chi connectivity index (χ2v) is 8.04. The van der Waals surface area contributed by atoms with Crippen molar-refractivity contribution in [3.63, 3.8) is 0 Å². The van der Waals surface area contributed by atoms with Gasteiger partial charge >= 0.3 is 0 Å². The van der Waals surface area contributed by atoms with E-state index in [1.807, 2.05) is 32.8 Å². The van der Waals surface area contributed by atoms with Crippen molar-refractivity contribution in [1.29, 1.82) is 0 Å². The second-order valence-electron chi connectivity index (χ2n) is 8.04. The largest absolute Gasteiger partial charge is 0.507 e. The zero-order valence-electron chi connectivity index (χ0n) is 18.1. The molecule has 0 aromatic heterocycles. The van der Waals surface area contributed by atoms with Gasteiger partial charge in [0, 0.05) is 18.7 Å². The number of Topliss-reactive ketones (excluding diaryl/α,β-unsaturated/α-hetero) is 1. The average molecular weight is 426 g/mol. The summed E-state index contributed by atoms with van der Waals surface area (Å²) in [6.45, 7) is 4.71. The number of hydrogen-bond donors (Lipinski definition) is 1. The van der Waals surface area contributed by atoms with Gasteiger partial charge in [-0.1, -0.05) is 12.1 Å². The summed E-state index contributed by atoms with van der Waals surface area (Å²) >= 11 is 0. The first-order valence-corrected chi connectivity index (χ1v) is 10.1. The van der Waals surface area contributed by atoms with Crippen LogP contribution in [0, 0.1) is 5.82 Å². The van der Waals surface area contributed by atoms with Crippen LogP contribution in [0.15, 0.2) is 54.1 Å². The molecule has 6 nitrogen and oxygen atoms in total. The van der Waals surface area contributed by atoms with E-state index in [2.05, 4.69) is 0 Å². The van der Waals surface area contributed by atoms with E-state index in [1.54, 1.807) is 24.3 Å². The third-order valence-electron chi connectivity index (χ3n) is 5.01. The zero-order valence-corrected chi connectivity index (χ0v) is 18.1. The van der Waals surface area contributed by atoms with Crippen LogP contribution in [0.1, 0.15) is 31.0 Å². The predicted octanol–water partition coefficient (Wildman–Crippen LogP) is 3.60. The lowest BCUT2D eigenvalue weighted by Crippen LogP contribution is -2.35. The SMILES string of the molecule is CC(C)Oc1ccc([C@H]2C(=C(O)c3ccc(F)cc3)C(=O)C(=O)N2CCN(C)C)cc1. The molecule has 1 aliphatic rings. The van der Waals surface area contributed by atoms with Crippen molar-refractivity contribution in [2.45, 2.75) is 26.0 Å². The topological polar surface area (TPSA) is 70.1 Å². The number of halogens is 1. The standard InChI is InChI=1S/C24H27FN2O4/c1-15(2)31-19-11-7-16(8-12-19)21-20(22(28)17-5-9-18(25)10-6-17)23(29)24(30)27(21)14-13-26(3)4/h5-12,15,21,28H,13-14H2,1-4H3/t21-/m0/s1. The van der Waals surface area contributed by atoms with Gasteiger partial charge < -0.3 is 19.6 Å². The van der Waals surface area contributed by atoms with Gasteiger partial charge in [0.25, 0.3) is 11.7 Å². The minimum atomic E-state index is -0.756. The van der Waals surface area contributed by atoms with Crippen LogP contribution in [0.5, 0.6) is 5.75 Å². The minimum Gasteiger partial charge on any atom is -0.507 e. The van der Waals surface area contributed by atoms with E-state index in [9.17, 15) is 19.1 Å². The van der Waals surface area contributed by atoms with E-state index in [4.69, 9.17) is 4.74 Å². The summed E-state index contributed by atoms with van der Waals surface area (Å²) in [6, 6.07) is 11.5. The number of rotatable bonds is 7. The molecule has 3 rings (SSSR count). The number of amides is 1. The maximum atomic E-state index is 13.3. The van der Waals surface area contributed by atoms with Crippen molar-refractivity contribution < 1.29 is 23.8 Å². The van der Waals surface area contributed by atoms with Crippen molar-refractivity contribution in [3.8, 4) is 5.75 Å². The molecule has 2 aromatic carbocycles. The molecule has 1 saturated heterocycles. The second kappa shape index (κ2) is 9.31. The molecule has 1 fully saturated rings. The van der Waals surface area contributed by atoms with E-state index >= 15 is 0 Å². The highest BCUT2D eigenvalue weighted by molar-refractivity contribution is 6.46. The molecule has 0 saturated carbocycles. The molecular formula is C24H27FN2O4. The number of nitrogens with zero attached hydrogens (tertiary/aromatic N) is 2. The molecule has 0 unspecified atom stereocenters. The number of hydrogen-bond acceptors (Lipinski definition) is 5. The first-order chi connectivity index (χ1) is 14.7. The van der Waals surface area contributed by atoms with Gasteiger partial charge in [-0.3, -0.25) is 9.59 Å². The van der Waals surface area contributed by atoms with E-state index < -0.39 is 23.5 Å². The molecule has 7 heteroatoms. The Labute approximate surface area is 181 Å². The number of carbonyl (C=O) groups excluding carboxylic acids is 2. The van der Waals surface area contributed by atoms with Gasteiger partial charge in [0.05, 0.1) is 17.7 Å². The predicted molar refractivity (Wildman–Crippen MR) is 116 cm³/mol. The number of likely N-dealkylation sites (N-methyl/N-ethyl adjacent to an activating group) is 1. The molecule has 1 N–H and O–H groups in total. The van der Waals surface area contributed by atoms with Gasteiger partial charge in [0.15, 0.2) is 0 Å². The highest BCUT2D eigenvalue weighted by Crippen LogP contribution is 2.39. The fraction of sp³-hybridized carbons (Fsp3) is 0.333. The number of likely N-dealkylation sites (tertiary alicyclic amines) is 1. The lowest BCUT2D eigenvalue weighted by atomic mass is 9.95. The summed E-state index contributed by atoms with van der Waals surface area (Å²) in [4.78, 5) is 29.1. The fourth-order valence-electron chi connectivity index (χ4n) is 3.53. The molecule has 1 amide bonds. The molecule has 31 heavy (non-hydrogen) atoms. The number of aliphatic hydroxyl groups is 1. The van der Waals surface area contributed by atoms with Gasteiger partial charge in [-0.15, -0.1) is 0 Å². The summed E-state index contributed by atoms with van der Waals surface area (Å²) in [6.07, 6.45) is 0.00931. The first kappa shape index (κ1) is 22.5. The number of aliphatic hydroxyl groups excluding tert-OH is 1. The highest BCUT2D eigenvalue weighted by Gasteiger charge is 2.45. The van der Waals surface area contributed by atoms with Gasteiger partial charge in [-0.25, -0.2) is 4.39 Å². The summed E-state index contributed by atoms with van der Waals surface area (Å²) < 4.78 is 19.0. The van der Waals surface area contributed by atoms with E-state index in [0.29, 0.717) is 24.4 Å². The summed E-state index contributed by atoms with van der Waals surface area (Å²) in [5.74, 6) is -1.54. The van der Waals surface area contributed by atoms with Crippen molar-refractivity contribution in [1.82, 2.24) is 9.80 Å². The Morgan fingerprint density at radius 2 is 1.71 bits per heavy atom. The fourth-order valence-corrected chi connectivity index (χ4v) is 3.53. The molecule has 0 radical (unpaired) electrons. The van der Waals surface area contributed by atoms with Gasteiger partial charge in [-0.2, -0.15) is 0 Å². The van der Waals surface area contributed by atoms with Crippen LogP contribution >= 0.6 is 0 Å². The minimum absolute atomic E-state index is 0.00658. The van der Waals surface area contributed by atoms with Crippen LogP contribution in [-0.2, 0) is 9.59 Å². The smallest absolute Gasteiger partial charge is 0.295 e. The third kappa shape index (κ3) is 4.94. The summed E-state index contributed by atoms with van der Waals surface area (Å²) in [5, 5.41) is 10.9.